The van der Waals surface area contributed by atoms with Crippen LogP contribution < -0.4 is 4.90 Å². The standard InChI is InChI=1S/C44H32N2O/c1-44(2)37-18-11-17-36(43-45-39-19-8-9-21-41(39)47-43)42(37)35-27-26-33(28-38(35)44)46(40-20-10-15-31-14-6-7-16-34(31)40)32-24-22-30(23-25-32)29-12-4-3-5-13-29/h3-28H,1-2H3. The van der Waals surface area contributed by atoms with Crippen molar-refractivity contribution in [2.45, 2.75) is 19.3 Å². The van der Waals surface area contributed by atoms with Gasteiger partial charge in [0.15, 0.2) is 5.58 Å². The average Bonchev–Trinajstić information content (AvgIpc) is 3.66. The molecule has 0 radical (unpaired) electrons. The van der Waals surface area contributed by atoms with E-state index in [0.717, 1.165) is 33.7 Å². The number of fused-ring (bicyclic) bond motifs is 5. The Bertz CT molecular complexity index is 2400. The van der Waals surface area contributed by atoms with Crippen molar-refractivity contribution in [1.29, 1.82) is 0 Å². The maximum atomic E-state index is 6.30. The topological polar surface area (TPSA) is 29.3 Å². The lowest BCUT2D eigenvalue weighted by molar-refractivity contribution is 0.619. The molecule has 8 aromatic rings. The van der Waals surface area contributed by atoms with Crippen LogP contribution in [0.4, 0.5) is 17.1 Å². The van der Waals surface area contributed by atoms with E-state index in [9.17, 15) is 0 Å². The van der Waals surface area contributed by atoms with Gasteiger partial charge in [-0.15, -0.1) is 0 Å². The molecule has 0 N–H and O–H groups in total. The Morgan fingerprint density at radius 2 is 1.26 bits per heavy atom. The van der Waals surface area contributed by atoms with Crippen molar-refractivity contribution in [3.8, 4) is 33.7 Å². The molecule has 0 saturated heterocycles. The van der Waals surface area contributed by atoms with Crippen LogP contribution in [0.2, 0.25) is 0 Å². The van der Waals surface area contributed by atoms with Crippen molar-refractivity contribution in [1.82, 2.24) is 4.98 Å². The summed E-state index contributed by atoms with van der Waals surface area (Å²) in [5, 5.41) is 2.43. The molecular weight excluding hydrogens is 572 g/mol. The fraction of sp³-hybridized carbons (Fsp3) is 0.0682. The summed E-state index contributed by atoms with van der Waals surface area (Å²) >= 11 is 0. The van der Waals surface area contributed by atoms with E-state index in [1.54, 1.807) is 0 Å². The predicted molar refractivity (Wildman–Crippen MR) is 195 cm³/mol. The molecule has 0 amide bonds. The lowest BCUT2D eigenvalue weighted by Gasteiger charge is -2.29. The van der Waals surface area contributed by atoms with Crippen LogP contribution in [0.3, 0.4) is 0 Å². The minimum atomic E-state index is -0.218. The molecule has 224 valence electrons. The first-order valence-electron chi connectivity index (χ1n) is 16.1. The van der Waals surface area contributed by atoms with Crippen molar-refractivity contribution in [3.05, 3.63) is 169 Å². The van der Waals surface area contributed by atoms with E-state index >= 15 is 0 Å². The van der Waals surface area contributed by atoms with Gasteiger partial charge in [0.25, 0.3) is 0 Å². The number of nitrogens with zero attached hydrogens (tertiary/aromatic N) is 2. The van der Waals surface area contributed by atoms with Crippen molar-refractivity contribution < 1.29 is 4.42 Å². The average molecular weight is 605 g/mol. The van der Waals surface area contributed by atoms with Gasteiger partial charge >= 0.3 is 0 Å². The number of hydrogen-bond donors (Lipinski definition) is 0. The van der Waals surface area contributed by atoms with Gasteiger partial charge in [0.1, 0.15) is 5.52 Å². The summed E-state index contributed by atoms with van der Waals surface area (Å²) in [6.45, 7) is 4.66. The number of aromatic nitrogens is 1. The first-order chi connectivity index (χ1) is 23.1. The first-order valence-corrected chi connectivity index (χ1v) is 16.1. The van der Waals surface area contributed by atoms with Gasteiger partial charge in [-0.05, 0) is 87.3 Å². The molecule has 9 rings (SSSR count). The van der Waals surface area contributed by atoms with Crippen molar-refractivity contribution in [2.24, 2.45) is 0 Å². The SMILES string of the molecule is CC1(C)c2cc(N(c3ccc(-c4ccccc4)cc3)c3cccc4ccccc34)ccc2-c2c(-c3nc4ccccc4o3)cccc21. The van der Waals surface area contributed by atoms with Gasteiger partial charge in [-0.3, -0.25) is 0 Å². The third kappa shape index (κ3) is 4.39. The van der Waals surface area contributed by atoms with Crippen molar-refractivity contribution in [3.63, 3.8) is 0 Å². The summed E-state index contributed by atoms with van der Waals surface area (Å²) in [5.74, 6) is 0.659. The van der Waals surface area contributed by atoms with E-state index in [0.29, 0.717) is 5.89 Å². The number of benzene rings is 7. The zero-order valence-corrected chi connectivity index (χ0v) is 26.3. The quantitative estimate of drug-likeness (QED) is 0.196. The second-order valence-electron chi connectivity index (χ2n) is 12.8. The second-order valence-corrected chi connectivity index (χ2v) is 12.8. The van der Waals surface area contributed by atoms with Crippen LogP contribution in [0.5, 0.6) is 0 Å². The highest BCUT2D eigenvalue weighted by molar-refractivity contribution is 6.00. The molecule has 3 heteroatoms. The number of anilines is 3. The number of para-hydroxylation sites is 2. The molecule has 0 fully saturated rings. The molecule has 0 unspecified atom stereocenters. The van der Waals surface area contributed by atoms with Crippen molar-refractivity contribution >= 4 is 38.9 Å². The van der Waals surface area contributed by atoms with E-state index in [-0.39, 0.29) is 5.41 Å². The molecule has 0 spiro atoms. The summed E-state index contributed by atoms with van der Waals surface area (Å²) in [4.78, 5) is 7.29. The summed E-state index contributed by atoms with van der Waals surface area (Å²) in [6, 6.07) is 56.1. The Balaban J connectivity index is 1.22. The molecule has 3 nitrogen and oxygen atoms in total. The third-order valence-electron chi connectivity index (χ3n) is 9.71. The zero-order chi connectivity index (χ0) is 31.5. The summed E-state index contributed by atoms with van der Waals surface area (Å²) in [7, 11) is 0. The maximum absolute atomic E-state index is 6.30. The number of hydrogen-bond acceptors (Lipinski definition) is 3. The lowest BCUT2D eigenvalue weighted by atomic mass is 9.82. The summed E-state index contributed by atoms with van der Waals surface area (Å²) < 4.78 is 6.30. The molecular formula is C44H32N2O. The predicted octanol–water partition coefficient (Wildman–Crippen LogP) is 12.1. The van der Waals surface area contributed by atoms with Gasteiger partial charge in [0, 0.05) is 27.7 Å². The Morgan fingerprint density at radius 3 is 2.11 bits per heavy atom. The highest BCUT2D eigenvalue weighted by Crippen LogP contribution is 2.54. The zero-order valence-electron chi connectivity index (χ0n) is 26.3. The number of oxazole rings is 1. The van der Waals surface area contributed by atoms with Gasteiger partial charge in [-0.1, -0.05) is 123 Å². The molecule has 47 heavy (non-hydrogen) atoms. The molecule has 0 aliphatic heterocycles. The van der Waals surface area contributed by atoms with E-state index in [2.05, 4.69) is 152 Å². The Kier molecular flexibility index (Phi) is 6.16. The minimum Gasteiger partial charge on any atom is -0.436 e. The summed E-state index contributed by atoms with van der Waals surface area (Å²) in [6.07, 6.45) is 0. The number of rotatable bonds is 5. The highest BCUT2D eigenvalue weighted by atomic mass is 16.3. The third-order valence-corrected chi connectivity index (χ3v) is 9.71. The van der Waals surface area contributed by atoms with Crippen molar-refractivity contribution in [2.75, 3.05) is 4.90 Å². The smallest absolute Gasteiger partial charge is 0.227 e. The van der Waals surface area contributed by atoms with E-state index in [4.69, 9.17) is 9.40 Å². The first kappa shape index (κ1) is 27.4. The van der Waals surface area contributed by atoms with Gasteiger partial charge in [-0.2, -0.15) is 0 Å². The van der Waals surface area contributed by atoms with Crippen LogP contribution in [-0.2, 0) is 5.41 Å². The molecule has 1 aliphatic rings. The molecule has 1 aliphatic carbocycles. The molecule has 1 heterocycles. The van der Waals surface area contributed by atoms with E-state index < -0.39 is 0 Å². The second kappa shape index (κ2) is 10.6. The Morgan fingerprint density at radius 1 is 0.553 bits per heavy atom. The fourth-order valence-corrected chi connectivity index (χ4v) is 7.34. The van der Waals surface area contributed by atoms with Crippen LogP contribution in [0.1, 0.15) is 25.0 Å². The lowest BCUT2D eigenvalue weighted by Crippen LogP contribution is -2.16. The van der Waals surface area contributed by atoms with E-state index in [1.807, 2.05) is 24.3 Å². The van der Waals surface area contributed by atoms with E-state index in [1.165, 1.54) is 44.2 Å². The molecule has 0 bridgehead atoms. The minimum absolute atomic E-state index is 0.218. The Hall–Kier alpha value is -5.93. The van der Waals surface area contributed by atoms with Gasteiger partial charge in [0.05, 0.1) is 5.69 Å². The van der Waals surface area contributed by atoms with Gasteiger partial charge in [0.2, 0.25) is 5.89 Å². The molecule has 1 aromatic heterocycles. The molecule has 0 atom stereocenters. The van der Waals surface area contributed by atoms with Crippen LogP contribution in [0, 0.1) is 0 Å². The van der Waals surface area contributed by atoms with Crippen LogP contribution >= 0.6 is 0 Å². The van der Waals surface area contributed by atoms with Crippen LogP contribution in [0.25, 0.3) is 55.6 Å². The summed E-state index contributed by atoms with van der Waals surface area (Å²) in [5.41, 5.74) is 13.3. The van der Waals surface area contributed by atoms with Crippen LogP contribution in [-0.4, -0.2) is 4.98 Å². The maximum Gasteiger partial charge on any atom is 0.227 e. The van der Waals surface area contributed by atoms with Gasteiger partial charge in [-0.25, -0.2) is 4.98 Å². The van der Waals surface area contributed by atoms with Crippen LogP contribution in [0.15, 0.2) is 162 Å². The largest absolute Gasteiger partial charge is 0.436 e. The normalized spacial score (nSPS) is 13.1. The highest BCUT2D eigenvalue weighted by Gasteiger charge is 2.38. The van der Waals surface area contributed by atoms with Gasteiger partial charge < -0.3 is 9.32 Å². The fourth-order valence-electron chi connectivity index (χ4n) is 7.34. The molecule has 0 saturated carbocycles. The monoisotopic (exact) mass is 604 g/mol. The molecule has 7 aromatic carbocycles. The Labute approximate surface area is 274 Å².